The second-order valence-corrected chi connectivity index (χ2v) is 9.47. The lowest BCUT2D eigenvalue weighted by molar-refractivity contribution is -0.117. The number of aliphatic hydroxyl groups is 1. The Morgan fingerprint density at radius 3 is 2.57 bits per heavy atom. The lowest BCUT2D eigenvalue weighted by atomic mass is 10.1. The van der Waals surface area contributed by atoms with E-state index in [0.717, 1.165) is 39.4 Å². The third-order valence-corrected chi connectivity index (χ3v) is 6.89. The van der Waals surface area contributed by atoms with Crippen molar-refractivity contribution in [2.75, 3.05) is 18.1 Å². The highest BCUT2D eigenvalue weighted by Crippen LogP contribution is 2.34. The van der Waals surface area contributed by atoms with E-state index in [1.807, 2.05) is 85.5 Å². The van der Waals surface area contributed by atoms with Gasteiger partial charge in [-0.05, 0) is 67.8 Å². The first-order valence-corrected chi connectivity index (χ1v) is 12.1. The molecule has 0 aliphatic carbocycles. The van der Waals surface area contributed by atoms with Gasteiger partial charge >= 0.3 is 0 Å². The van der Waals surface area contributed by atoms with Gasteiger partial charge in [0.05, 0.1) is 17.6 Å². The number of rotatable bonds is 7. The number of benzene rings is 3. The van der Waals surface area contributed by atoms with Crippen molar-refractivity contribution in [3.8, 4) is 5.75 Å². The molecular formula is C29H31N3O3. The molecule has 1 N–H and O–H groups in total. The van der Waals surface area contributed by atoms with Gasteiger partial charge in [-0.2, -0.15) is 0 Å². The minimum Gasteiger partial charge on any atom is -0.491 e. The molecule has 0 bridgehead atoms. The lowest BCUT2D eigenvalue weighted by Gasteiger charge is -2.20. The summed E-state index contributed by atoms with van der Waals surface area (Å²) in [6, 6.07) is 21.8. The minimum absolute atomic E-state index is 0.0534. The molecule has 6 nitrogen and oxygen atoms in total. The standard InChI is InChI=1S/C29H31N3O3/c1-19-12-13-24(14-21(19)3)35-18-23(33)17-32-27-11-7-5-9-25(27)30-29(32)22-15-28(34)31(16-22)26-10-6-4-8-20(26)2/h4-14,22-23,33H,15-18H2,1-3H3/t22-,23+/m0/s1. The Morgan fingerprint density at radius 2 is 1.77 bits per heavy atom. The number of aryl methyl sites for hydroxylation is 3. The maximum atomic E-state index is 13.0. The largest absolute Gasteiger partial charge is 0.491 e. The van der Waals surface area contributed by atoms with E-state index >= 15 is 0 Å². The van der Waals surface area contributed by atoms with E-state index < -0.39 is 6.10 Å². The van der Waals surface area contributed by atoms with E-state index in [-0.39, 0.29) is 18.4 Å². The van der Waals surface area contributed by atoms with Crippen molar-refractivity contribution in [1.82, 2.24) is 9.55 Å². The first kappa shape index (κ1) is 23.1. The molecule has 35 heavy (non-hydrogen) atoms. The maximum absolute atomic E-state index is 13.0. The molecule has 1 aromatic heterocycles. The maximum Gasteiger partial charge on any atom is 0.227 e. The van der Waals surface area contributed by atoms with E-state index in [4.69, 9.17) is 9.72 Å². The van der Waals surface area contributed by atoms with Gasteiger partial charge in [-0.3, -0.25) is 4.79 Å². The van der Waals surface area contributed by atoms with E-state index in [2.05, 4.69) is 11.5 Å². The van der Waals surface area contributed by atoms with Gasteiger partial charge in [0.25, 0.3) is 0 Å². The average Bonchev–Trinajstić information content (AvgIpc) is 3.41. The van der Waals surface area contributed by atoms with Crippen LogP contribution in [-0.4, -0.2) is 39.8 Å². The fourth-order valence-corrected chi connectivity index (χ4v) is 4.84. The van der Waals surface area contributed by atoms with Crippen LogP contribution >= 0.6 is 0 Å². The van der Waals surface area contributed by atoms with Crippen LogP contribution in [0.3, 0.4) is 0 Å². The van der Waals surface area contributed by atoms with Crippen molar-refractivity contribution in [3.63, 3.8) is 0 Å². The molecule has 1 amide bonds. The molecule has 1 fully saturated rings. The molecule has 1 aliphatic heterocycles. The Balaban J connectivity index is 1.38. The average molecular weight is 470 g/mol. The highest BCUT2D eigenvalue weighted by atomic mass is 16.5. The molecular weight excluding hydrogens is 438 g/mol. The summed E-state index contributed by atoms with van der Waals surface area (Å²) in [5.41, 5.74) is 6.21. The number of amides is 1. The zero-order chi connectivity index (χ0) is 24.5. The predicted octanol–water partition coefficient (Wildman–Crippen LogP) is 4.92. The molecule has 4 aromatic rings. The van der Waals surface area contributed by atoms with Crippen molar-refractivity contribution < 1.29 is 14.6 Å². The predicted molar refractivity (Wildman–Crippen MR) is 138 cm³/mol. The minimum atomic E-state index is -0.724. The highest BCUT2D eigenvalue weighted by Gasteiger charge is 2.35. The van der Waals surface area contributed by atoms with Crippen LogP contribution in [0.4, 0.5) is 5.69 Å². The zero-order valence-corrected chi connectivity index (χ0v) is 20.4. The summed E-state index contributed by atoms with van der Waals surface area (Å²) in [5.74, 6) is 1.63. The van der Waals surface area contributed by atoms with Crippen LogP contribution < -0.4 is 9.64 Å². The van der Waals surface area contributed by atoms with Gasteiger partial charge in [0, 0.05) is 24.6 Å². The smallest absolute Gasteiger partial charge is 0.227 e. The number of hydrogen-bond donors (Lipinski definition) is 1. The van der Waals surface area contributed by atoms with Crippen molar-refractivity contribution in [2.24, 2.45) is 0 Å². The molecule has 2 heterocycles. The Bertz CT molecular complexity index is 1380. The van der Waals surface area contributed by atoms with Crippen molar-refractivity contribution in [2.45, 2.75) is 45.8 Å². The lowest BCUT2D eigenvalue weighted by Crippen LogP contribution is -2.27. The van der Waals surface area contributed by atoms with Crippen LogP contribution in [0.5, 0.6) is 5.75 Å². The molecule has 0 saturated carbocycles. The highest BCUT2D eigenvalue weighted by molar-refractivity contribution is 5.97. The first-order valence-electron chi connectivity index (χ1n) is 12.1. The van der Waals surface area contributed by atoms with Gasteiger partial charge in [0.2, 0.25) is 5.91 Å². The molecule has 1 aliphatic rings. The molecule has 3 aromatic carbocycles. The molecule has 0 radical (unpaired) electrons. The molecule has 0 spiro atoms. The molecule has 2 atom stereocenters. The fourth-order valence-electron chi connectivity index (χ4n) is 4.84. The number of carbonyl (C=O) groups is 1. The molecule has 5 rings (SSSR count). The topological polar surface area (TPSA) is 67.6 Å². The van der Waals surface area contributed by atoms with Crippen LogP contribution in [0, 0.1) is 20.8 Å². The fraction of sp³-hybridized carbons (Fsp3) is 0.310. The molecule has 0 unspecified atom stereocenters. The summed E-state index contributed by atoms with van der Waals surface area (Å²) in [6.45, 7) is 7.22. The Kier molecular flexibility index (Phi) is 6.31. The number of anilines is 1. The van der Waals surface area contributed by atoms with E-state index in [0.29, 0.717) is 19.5 Å². The van der Waals surface area contributed by atoms with Crippen LogP contribution in [0.15, 0.2) is 66.7 Å². The van der Waals surface area contributed by atoms with Crippen LogP contribution in [0.1, 0.15) is 34.9 Å². The second-order valence-electron chi connectivity index (χ2n) is 9.47. The number of imidazole rings is 1. The summed E-state index contributed by atoms with van der Waals surface area (Å²) in [4.78, 5) is 19.8. The quantitative estimate of drug-likeness (QED) is 0.417. The zero-order valence-electron chi connectivity index (χ0n) is 20.4. The number of aliphatic hydroxyl groups excluding tert-OH is 1. The van der Waals surface area contributed by atoms with Crippen LogP contribution in [0.25, 0.3) is 11.0 Å². The molecule has 1 saturated heterocycles. The van der Waals surface area contributed by atoms with E-state index in [9.17, 15) is 9.90 Å². The van der Waals surface area contributed by atoms with Crippen LogP contribution in [0.2, 0.25) is 0 Å². The van der Waals surface area contributed by atoms with Gasteiger partial charge in [-0.15, -0.1) is 0 Å². The van der Waals surface area contributed by atoms with E-state index in [1.165, 1.54) is 5.56 Å². The Labute approximate surface area is 205 Å². The monoisotopic (exact) mass is 469 g/mol. The van der Waals surface area contributed by atoms with Crippen LogP contribution in [-0.2, 0) is 11.3 Å². The summed E-state index contributed by atoms with van der Waals surface area (Å²) >= 11 is 0. The first-order chi connectivity index (χ1) is 16.9. The van der Waals surface area contributed by atoms with E-state index in [1.54, 1.807) is 0 Å². The number of nitrogens with zero attached hydrogens (tertiary/aromatic N) is 3. The molecule has 6 heteroatoms. The third-order valence-electron chi connectivity index (χ3n) is 6.89. The van der Waals surface area contributed by atoms with Gasteiger partial charge in [-0.1, -0.05) is 36.4 Å². The van der Waals surface area contributed by atoms with Crippen molar-refractivity contribution >= 4 is 22.6 Å². The number of aromatic nitrogens is 2. The molecule has 180 valence electrons. The summed E-state index contributed by atoms with van der Waals surface area (Å²) in [6.07, 6.45) is -0.329. The van der Waals surface area contributed by atoms with Crippen molar-refractivity contribution in [1.29, 1.82) is 0 Å². The van der Waals surface area contributed by atoms with Crippen molar-refractivity contribution in [3.05, 3.63) is 89.2 Å². The third kappa shape index (κ3) is 4.66. The second kappa shape index (κ2) is 9.55. The summed E-state index contributed by atoms with van der Waals surface area (Å²) in [5, 5.41) is 10.9. The van der Waals surface area contributed by atoms with Gasteiger partial charge in [-0.25, -0.2) is 4.98 Å². The number of ether oxygens (including phenoxy) is 1. The normalized spacial score (nSPS) is 16.7. The Hall–Kier alpha value is -3.64. The summed E-state index contributed by atoms with van der Waals surface area (Å²) < 4.78 is 7.95. The van der Waals surface area contributed by atoms with Gasteiger partial charge in [0.1, 0.15) is 24.3 Å². The Morgan fingerprint density at radius 1 is 1.00 bits per heavy atom. The SMILES string of the molecule is Cc1ccc(OC[C@H](O)Cn2c([C@H]3CC(=O)N(c4ccccc4C)C3)nc3ccccc32)cc1C. The number of fused-ring (bicyclic) bond motifs is 1. The number of carbonyl (C=O) groups excluding carboxylic acids is 1. The van der Waals surface area contributed by atoms with Gasteiger partial charge < -0.3 is 19.3 Å². The number of hydrogen-bond acceptors (Lipinski definition) is 4. The number of para-hydroxylation sites is 3. The summed E-state index contributed by atoms with van der Waals surface area (Å²) in [7, 11) is 0. The van der Waals surface area contributed by atoms with Gasteiger partial charge in [0.15, 0.2) is 0 Å².